The minimum atomic E-state index is -0.780. The lowest BCUT2D eigenvalue weighted by atomic mass is 9.95. The first-order valence-electron chi connectivity index (χ1n) is 8.87. The zero-order valence-corrected chi connectivity index (χ0v) is 15.6. The van der Waals surface area contributed by atoms with Crippen molar-refractivity contribution in [3.63, 3.8) is 0 Å². The van der Waals surface area contributed by atoms with E-state index in [1.165, 1.54) is 6.33 Å². The molecule has 3 heterocycles. The van der Waals surface area contributed by atoms with Crippen LogP contribution in [0.2, 0.25) is 0 Å². The third kappa shape index (κ3) is 2.89. The number of hydrogen-bond acceptors (Lipinski definition) is 5. The Balaban J connectivity index is 1.69. The van der Waals surface area contributed by atoms with Crippen LogP contribution in [-0.2, 0) is 0 Å². The van der Waals surface area contributed by atoms with Gasteiger partial charge in [-0.25, -0.2) is 4.98 Å². The Morgan fingerprint density at radius 3 is 2.57 bits per heavy atom. The summed E-state index contributed by atoms with van der Waals surface area (Å²) >= 11 is 1.58. The van der Waals surface area contributed by atoms with Crippen LogP contribution in [-0.4, -0.2) is 25.3 Å². The van der Waals surface area contributed by atoms with E-state index in [1.54, 1.807) is 23.7 Å². The zero-order chi connectivity index (χ0) is 18.9. The Morgan fingerprint density at radius 1 is 0.929 bits per heavy atom. The van der Waals surface area contributed by atoms with Gasteiger partial charge in [-0.1, -0.05) is 42.5 Å². The smallest absolute Gasteiger partial charge is 0.165 e. The summed E-state index contributed by atoms with van der Waals surface area (Å²) in [6, 6.07) is 20.1. The van der Waals surface area contributed by atoms with E-state index in [0.29, 0.717) is 5.82 Å². The fourth-order valence-corrected chi connectivity index (χ4v) is 4.57. The maximum Gasteiger partial charge on any atom is 0.165 e. The summed E-state index contributed by atoms with van der Waals surface area (Å²) in [5.74, 6) is 0.652. The second kappa shape index (κ2) is 6.99. The van der Waals surface area contributed by atoms with Gasteiger partial charge in [0.25, 0.3) is 0 Å². The molecule has 0 spiro atoms. The van der Waals surface area contributed by atoms with Gasteiger partial charge in [-0.05, 0) is 40.1 Å². The number of aliphatic hydroxyl groups excluding tert-OH is 1. The molecule has 0 aliphatic carbocycles. The van der Waals surface area contributed by atoms with Gasteiger partial charge in [-0.3, -0.25) is 10.1 Å². The zero-order valence-electron chi connectivity index (χ0n) is 14.8. The lowest BCUT2D eigenvalue weighted by molar-refractivity contribution is 0.223. The number of aliphatic hydroxyl groups is 1. The highest BCUT2D eigenvalue weighted by molar-refractivity contribution is 7.19. The fraction of sp³-hybridized carbons (Fsp3) is 0.0455. The Kier molecular flexibility index (Phi) is 4.20. The molecule has 5 nitrogen and oxygen atoms in total. The molecule has 0 radical (unpaired) electrons. The Morgan fingerprint density at radius 2 is 1.75 bits per heavy atom. The van der Waals surface area contributed by atoms with E-state index in [2.05, 4.69) is 32.3 Å². The minimum absolute atomic E-state index is 0.652. The number of pyridine rings is 1. The number of benzene rings is 2. The largest absolute Gasteiger partial charge is 0.384 e. The third-order valence-electron chi connectivity index (χ3n) is 4.77. The predicted molar refractivity (Wildman–Crippen MR) is 111 cm³/mol. The maximum absolute atomic E-state index is 11.4. The molecule has 2 N–H and O–H groups in total. The highest BCUT2D eigenvalue weighted by atomic mass is 32.1. The minimum Gasteiger partial charge on any atom is -0.384 e. The van der Waals surface area contributed by atoms with Gasteiger partial charge >= 0.3 is 0 Å². The maximum atomic E-state index is 11.4. The van der Waals surface area contributed by atoms with Crippen molar-refractivity contribution in [2.45, 2.75) is 6.10 Å². The quantitative estimate of drug-likeness (QED) is 0.465. The molecule has 5 aromatic rings. The molecule has 136 valence electrons. The Hall–Kier alpha value is -3.35. The van der Waals surface area contributed by atoms with E-state index >= 15 is 0 Å². The second-order valence-corrected chi connectivity index (χ2v) is 7.49. The van der Waals surface area contributed by atoms with Crippen LogP contribution in [0.25, 0.3) is 31.9 Å². The fourth-order valence-electron chi connectivity index (χ4n) is 3.42. The lowest BCUT2D eigenvalue weighted by Gasteiger charge is -2.14. The molecule has 0 bridgehead atoms. The summed E-state index contributed by atoms with van der Waals surface area (Å²) < 4.78 is 0. The van der Waals surface area contributed by atoms with Crippen LogP contribution >= 0.6 is 11.3 Å². The number of fused-ring (bicyclic) bond motifs is 1. The number of aromatic amines is 1. The number of thiophene rings is 1. The molecule has 0 saturated heterocycles. The summed E-state index contributed by atoms with van der Waals surface area (Å²) in [7, 11) is 0. The van der Waals surface area contributed by atoms with Gasteiger partial charge in [-0.2, -0.15) is 5.10 Å². The molecule has 1 atom stereocenters. The molecule has 0 aliphatic heterocycles. The van der Waals surface area contributed by atoms with E-state index in [-0.39, 0.29) is 0 Å². The summed E-state index contributed by atoms with van der Waals surface area (Å²) in [6.07, 6.45) is 4.24. The molecule has 1 unspecified atom stereocenters. The van der Waals surface area contributed by atoms with Crippen molar-refractivity contribution in [2.24, 2.45) is 0 Å². The molecule has 6 heteroatoms. The van der Waals surface area contributed by atoms with Crippen molar-refractivity contribution in [1.82, 2.24) is 20.2 Å². The van der Waals surface area contributed by atoms with Crippen molar-refractivity contribution in [2.75, 3.05) is 0 Å². The van der Waals surface area contributed by atoms with Gasteiger partial charge in [0.05, 0.1) is 4.88 Å². The first kappa shape index (κ1) is 16.8. The molecule has 0 saturated carbocycles. The molecular formula is C22H16N4OS. The lowest BCUT2D eigenvalue weighted by Crippen LogP contribution is -2.01. The first-order valence-corrected chi connectivity index (χ1v) is 9.68. The van der Waals surface area contributed by atoms with E-state index < -0.39 is 6.10 Å². The van der Waals surface area contributed by atoms with Crippen LogP contribution in [0.4, 0.5) is 0 Å². The standard InChI is InChI=1S/C22H16N4OS/c27-20(17-7-3-5-14-4-1-2-6-16(14)17)18-12-19(15-8-10-23-11-9-15)28-21(18)22-24-13-25-26-22/h1-13,20,27H,(H,24,25,26). The summed E-state index contributed by atoms with van der Waals surface area (Å²) in [5.41, 5.74) is 2.74. The molecule has 28 heavy (non-hydrogen) atoms. The van der Waals surface area contributed by atoms with Crippen molar-refractivity contribution in [3.05, 3.63) is 90.5 Å². The van der Waals surface area contributed by atoms with E-state index in [9.17, 15) is 5.11 Å². The van der Waals surface area contributed by atoms with Gasteiger partial charge in [0, 0.05) is 22.8 Å². The van der Waals surface area contributed by atoms with Crippen molar-refractivity contribution in [1.29, 1.82) is 0 Å². The SMILES string of the molecule is OC(c1cc(-c2ccncc2)sc1-c1ncn[nH]1)c1cccc2ccccc12. The van der Waals surface area contributed by atoms with Gasteiger partial charge in [0.1, 0.15) is 12.4 Å². The van der Waals surface area contributed by atoms with Crippen molar-refractivity contribution >= 4 is 22.1 Å². The number of nitrogens with zero attached hydrogens (tertiary/aromatic N) is 3. The van der Waals surface area contributed by atoms with Gasteiger partial charge in [0.2, 0.25) is 0 Å². The van der Waals surface area contributed by atoms with E-state index in [1.807, 2.05) is 48.5 Å². The molecule has 2 aromatic carbocycles. The highest BCUT2D eigenvalue weighted by Gasteiger charge is 2.23. The number of nitrogens with one attached hydrogen (secondary N) is 1. The van der Waals surface area contributed by atoms with E-state index in [0.717, 1.165) is 37.2 Å². The highest BCUT2D eigenvalue weighted by Crippen LogP contribution is 2.42. The normalized spacial score (nSPS) is 12.3. The summed E-state index contributed by atoms with van der Waals surface area (Å²) in [5, 5.41) is 20.4. The average molecular weight is 384 g/mol. The summed E-state index contributed by atoms with van der Waals surface area (Å²) in [4.78, 5) is 10.3. The van der Waals surface area contributed by atoms with Crippen LogP contribution in [0, 0.1) is 0 Å². The number of H-pyrrole nitrogens is 1. The van der Waals surface area contributed by atoms with Crippen molar-refractivity contribution in [3.8, 4) is 21.1 Å². The molecular weight excluding hydrogens is 368 g/mol. The van der Waals surface area contributed by atoms with Crippen LogP contribution in [0.5, 0.6) is 0 Å². The Bertz CT molecular complexity index is 1230. The first-order chi connectivity index (χ1) is 13.8. The Labute approximate surface area is 165 Å². The predicted octanol–water partition coefficient (Wildman–Crippen LogP) is 4.83. The van der Waals surface area contributed by atoms with Crippen LogP contribution in [0.3, 0.4) is 0 Å². The van der Waals surface area contributed by atoms with E-state index in [4.69, 9.17) is 0 Å². The van der Waals surface area contributed by atoms with Crippen molar-refractivity contribution < 1.29 is 5.11 Å². The number of aromatic nitrogens is 4. The van der Waals surface area contributed by atoms with Gasteiger partial charge < -0.3 is 5.11 Å². The molecule has 0 amide bonds. The number of rotatable bonds is 4. The van der Waals surface area contributed by atoms with Gasteiger partial charge in [-0.15, -0.1) is 11.3 Å². The molecule has 0 fully saturated rings. The third-order valence-corrected chi connectivity index (χ3v) is 5.97. The van der Waals surface area contributed by atoms with Crippen LogP contribution in [0.1, 0.15) is 17.2 Å². The number of hydrogen-bond donors (Lipinski definition) is 2. The van der Waals surface area contributed by atoms with Gasteiger partial charge in [0.15, 0.2) is 5.82 Å². The van der Waals surface area contributed by atoms with Crippen LogP contribution in [0.15, 0.2) is 79.4 Å². The summed E-state index contributed by atoms with van der Waals surface area (Å²) in [6.45, 7) is 0. The topological polar surface area (TPSA) is 74.7 Å². The second-order valence-electron chi connectivity index (χ2n) is 6.44. The molecule has 3 aromatic heterocycles. The molecule has 0 aliphatic rings. The van der Waals surface area contributed by atoms with Crippen LogP contribution < -0.4 is 0 Å². The monoisotopic (exact) mass is 384 g/mol. The molecule has 5 rings (SSSR count). The average Bonchev–Trinajstić information content (AvgIpc) is 3.43.